The third-order valence-corrected chi connectivity index (χ3v) is 2.42. The van der Waals surface area contributed by atoms with Crippen LogP contribution in [0.15, 0.2) is 12.3 Å². The summed E-state index contributed by atoms with van der Waals surface area (Å²) in [6.07, 6.45) is 11.3. The molecule has 0 aromatic heterocycles. The molecule has 1 fully saturated rings. The molecule has 0 aromatic rings. The monoisotopic (exact) mass is 153 g/mol. The van der Waals surface area contributed by atoms with Crippen LogP contribution < -0.4 is 5.32 Å². The normalized spacial score (nSPS) is 20.8. The van der Waals surface area contributed by atoms with E-state index in [9.17, 15) is 0 Å². The van der Waals surface area contributed by atoms with Crippen molar-refractivity contribution in [3.8, 4) is 0 Å². The van der Waals surface area contributed by atoms with Crippen LogP contribution in [0.3, 0.4) is 0 Å². The molecule has 1 rings (SSSR count). The SMILES string of the molecule is CC=CNCC1CCCCC1. The number of allylic oxidation sites excluding steroid dienone is 1. The van der Waals surface area contributed by atoms with Crippen LogP contribution in [-0.4, -0.2) is 6.54 Å². The van der Waals surface area contributed by atoms with Crippen molar-refractivity contribution in [2.24, 2.45) is 5.92 Å². The fourth-order valence-electron chi connectivity index (χ4n) is 1.74. The Morgan fingerprint density at radius 1 is 1.27 bits per heavy atom. The highest BCUT2D eigenvalue weighted by Crippen LogP contribution is 2.22. The minimum atomic E-state index is 0.944. The Hall–Kier alpha value is -0.460. The van der Waals surface area contributed by atoms with Gasteiger partial charge in [0.25, 0.3) is 0 Å². The lowest BCUT2D eigenvalue weighted by Crippen LogP contribution is -2.20. The summed E-state index contributed by atoms with van der Waals surface area (Å²) in [5, 5.41) is 3.32. The fourth-order valence-corrected chi connectivity index (χ4v) is 1.74. The molecule has 1 heteroatoms. The van der Waals surface area contributed by atoms with Crippen molar-refractivity contribution in [3.05, 3.63) is 12.3 Å². The average molecular weight is 153 g/mol. The molecule has 0 saturated heterocycles. The van der Waals surface area contributed by atoms with E-state index in [1.807, 2.05) is 6.92 Å². The van der Waals surface area contributed by atoms with Crippen molar-refractivity contribution in [1.29, 1.82) is 0 Å². The van der Waals surface area contributed by atoms with E-state index in [2.05, 4.69) is 17.6 Å². The number of rotatable bonds is 3. The van der Waals surface area contributed by atoms with Gasteiger partial charge in [0.05, 0.1) is 0 Å². The Bertz CT molecular complexity index is 112. The molecule has 0 atom stereocenters. The Balaban J connectivity index is 2.04. The molecule has 0 amide bonds. The Kier molecular flexibility index (Phi) is 4.10. The summed E-state index contributed by atoms with van der Waals surface area (Å²) in [5.74, 6) is 0.944. The smallest absolute Gasteiger partial charge is 0.0169 e. The number of hydrogen-bond donors (Lipinski definition) is 1. The van der Waals surface area contributed by atoms with E-state index in [-0.39, 0.29) is 0 Å². The van der Waals surface area contributed by atoms with Crippen molar-refractivity contribution in [2.75, 3.05) is 6.54 Å². The first-order valence-corrected chi connectivity index (χ1v) is 4.78. The zero-order chi connectivity index (χ0) is 7.94. The van der Waals surface area contributed by atoms with Gasteiger partial charge < -0.3 is 5.32 Å². The summed E-state index contributed by atoms with van der Waals surface area (Å²) in [4.78, 5) is 0. The first-order chi connectivity index (χ1) is 5.43. The second-order valence-corrected chi connectivity index (χ2v) is 3.41. The molecular formula is C10H19N. The fraction of sp³-hybridized carbons (Fsp3) is 0.800. The maximum Gasteiger partial charge on any atom is 0.0169 e. The van der Waals surface area contributed by atoms with Crippen LogP contribution >= 0.6 is 0 Å². The summed E-state index contributed by atoms with van der Waals surface area (Å²) in [6, 6.07) is 0. The molecule has 0 bridgehead atoms. The van der Waals surface area contributed by atoms with Crippen molar-refractivity contribution >= 4 is 0 Å². The van der Waals surface area contributed by atoms with Gasteiger partial charge in [0.2, 0.25) is 0 Å². The van der Waals surface area contributed by atoms with Crippen LogP contribution in [0, 0.1) is 5.92 Å². The second-order valence-electron chi connectivity index (χ2n) is 3.41. The van der Waals surface area contributed by atoms with Gasteiger partial charge in [-0.15, -0.1) is 0 Å². The topological polar surface area (TPSA) is 12.0 Å². The summed E-state index contributed by atoms with van der Waals surface area (Å²) in [5.41, 5.74) is 0. The molecule has 0 spiro atoms. The minimum absolute atomic E-state index is 0.944. The molecular weight excluding hydrogens is 134 g/mol. The minimum Gasteiger partial charge on any atom is -0.391 e. The molecule has 64 valence electrons. The van der Waals surface area contributed by atoms with E-state index in [1.165, 1.54) is 38.6 Å². The van der Waals surface area contributed by atoms with Gasteiger partial charge in [-0.1, -0.05) is 25.3 Å². The van der Waals surface area contributed by atoms with Crippen molar-refractivity contribution < 1.29 is 0 Å². The molecule has 0 unspecified atom stereocenters. The van der Waals surface area contributed by atoms with Crippen LogP contribution in [0.1, 0.15) is 39.0 Å². The van der Waals surface area contributed by atoms with E-state index >= 15 is 0 Å². The largest absolute Gasteiger partial charge is 0.391 e. The number of hydrogen-bond acceptors (Lipinski definition) is 1. The Labute approximate surface area is 69.9 Å². The molecule has 0 heterocycles. The molecule has 0 aromatic carbocycles. The van der Waals surface area contributed by atoms with Crippen LogP contribution in [0.4, 0.5) is 0 Å². The number of nitrogens with one attached hydrogen (secondary N) is 1. The van der Waals surface area contributed by atoms with E-state index in [4.69, 9.17) is 0 Å². The molecule has 1 N–H and O–H groups in total. The average Bonchev–Trinajstić information content (AvgIpc) is 2.07. The molecule has 1 nitrogen and oxygen atoms in total. The molecule has 1 aliphatic rings. The highest BCUT2D eigenvalue weighted by molar-refractivity contribution is 4.77. The molecule has 1 aliphatic carbocycles. The summed E-state index contributed by atoms with van der Waals surface area (Å²) < 4.78 is 0. The predicted molar refractivity (Wildman–Crippen MR) is 49.4 cm³/mol. The summed E-state index contributed by atoms with van der Waals surface area (Å²) in [7, 11) is 0. The van der Waals surface area contributed by atoms with Crippen molar-refractivity contribution in [3.63, 3.8) is 0 Å². The van der Waals surface area contributed by atoms with Gasteiger partial charge in [-0.2, -0.15) is 0 Å². The predicted octanol–water partition coefficient (Wildman–Crippen LogP) is 2.69. The van der Waals surface area contributed by atoms with Gasteiger partial charge in [0.15, 0.2) is 0 Å². The van der Waals surface area contributed by atoms with Gasteiger partial charge in [0.1, 0.15) is 0 Å². The zero-order valence-corrected chi connectivity index (χ0v) is 7.47. The van der Waals surface area contributed by atoms with Crippen LogP contribution in [0.25, 0.3) is 0 Å². The first-order valence-electron chi connectivity index (χ1n) is 4.78. The zero-order valence-electron chi connectivity index (χ0n) is 7.47. The van der Waals surface area contributed by atoms with Gasteiger partial charge in [-0.3, -0.25) is 0 Å². The van der Waals surface area contributed by atoms with Gasteiger partial charge >= 0.3 is 0 Å². The molecule has 0 radical (unpaired) electrons. The van der Waals surface area contributed by atoms with E-state index in [0.717, 1.165) is 5.92 Å². The highest BCUT2D eigenvalue weighted by Gasteiger charge is 2.11. The standard InChI is InChI=1S/C10H19N/c1-2-8-11-9-10-6-4-3-5-7-10/h2,8,10-11H,3-7,9H2,1H3. The van der Waals surface area contributed by atoms with Crippen LogP contribution in [0.2, 0.25) is 0 Å². The molecule has 1 saturated carbocycles. The lowest BCUT2D eigenvalue weighted by Gasteiger charge is -2.21. The van der Waals surface area contributed by atoms with Crippen LogP contribution in [-0.2, 0) is 0 Å². The summed E-state index contributed by atoms with van der Waals surface area (Å²) in [6.45, 7) is 3.23. The van der Waals surface area contributed by atoms with Gasteiger partial charge in [0, 0.05) is 6.54 Å². The van der Waals surface area contributed by atoms with Crippen molar-refractivity contribution in [2.45, 2.75) is 39.0 Å². The Morgan fingerprint density at radius 2 is 2.00 bits per heavy atom. The molecule has 0 aliphatic heterocycles. The first kappa shape index (κ1) is 8.63. The van der Waals surface area contributed by atoms with E-state index in [1.54, 1.807) is 0 Å². The van der Waals surface area contributed by atoms with E-state index in [0.29, 0.717) is 0 Å². The second kappa shape index (κ2) is 5.22. The van der Waals surface area contributed by atoms with Crippen molar-refractivity contribution in [1.82, 2.24) is 5.32 Å². The maximum absolute atomic E-state index is 3.32. The van der Waals surface area contributed by atoms with E-state index < -0.39 is 0 Å². The van der Waals surface area contributed by atoms with Gasteiger partial charge in [-0.25, -0.2) is 0 Å². The third kappa shape index (κ3) is 3.45. The third-order valence-electron chi connectivity index (χ3n) is 2.42. The summed E-state index contributed by atoms with van der Waals surface area (Å²) >= 11 is 0. The lowest BCUT2D eigenvalue weighted by molar-refractivity contribution is 0.353. The lowest BCUT2D eigenvalue weighted by atomic mass is 9.89. The molecule has 11 heavy (non-hydrogen) atoms. The highest BCUT2D eigenvalue weighted by atomic mass is 14.8. The van der Waals surface area contributed by atoms with Gasteiger partial charge in [-0.05, 0) is 31.9 Å². The Morgan fingerprint density at radius 3 is 2.64 bits per heavy atom. The van der Waals surface area contributed by atoms with Crippen LogP contribution in [0.5, 0.6) is 0 Å². The quantitative estimate of drug-likeness (QED) is 0.657. The maximum atomic E-state index is 3.32.